The first kappa shape index (κ1) is 9.37. The molecule has 0 aliphatic rings. The third-order valence-corrected chi connectivity index (χ3v) is 2.27. The van der Waals surface area contributed by atoms with E-state index in [0.29, 0.717) is 5.56 Å². The van der Waals surface area contributed by atoms with Gasteiger partial charge in [-0.05, 0) is 10.8 Å². The first-order chi connectivity index (χ1) is 6.79. The third kappa shape index (κ3) is 1.69. The summed E-state index contributed by atoms with van der Waals surface area (Å²) >= 11 is 11.7. The lowest BCUT2D eigenvalue weighted by atomic mass is 10.1. The van der Waals surface area contributed by atoms with Gasteiger partial charge in [0.1, 0.15) is 0 Å². The van der Waals surface area contributed by atoms with Crippen LogP contribution >= 0.6 is 23.2 Å². The van der Waals surface area contributed by atoms with Crippen molar-refractivity contribution >= 4 is 23.2 Å². The van der Waals surface area contributed by atoms with Crippen LogP contribution < -0.4 is 0 Å². The van der Waals surface area contributed by atoms with Crippen LogP contribution in [0.3, 0.4) is 0 Å². The second kappa shape index (κ2) is 3.90. The predicted molar refractivity (Wildman–Crippen MR) is 55.3 cm³/mol. The molecule has 3 nitrogen and oxygen atoms in total. The molecule has 2 rings (SSSR count). The van der Waals surface area contributed by atoms with Gasteiger partial charge in [-0.2, -0.15) is 0 Å². The average molecular weight is 226 g/mol. The summed E-state index contributed by atoms with van der Waals surface area (Å²) in [7, 11) is 0. The molecule has 0 aliphatic heterocycles. The number of nitrogens with zero attached hydrogens (tertiary/aromatic N) is 3. The molecule has 1 aromatic heterocycles. The molecule has 0 saturated carbocycles. The van der Waals surface area contributed by atoms with Crippen molar-refractivity contribution in [2.75, 3.05) is 0 Å². The minimum absolute atomic E-state index is 0.260. The number of hydrogen-bond donors (Lipinski definition) is 0. The number of aromatic nitrogens is 3. The molecular formula is C9H5Cl2N3. The normalized spacial score (nSPS) is 10.1. The molecule has 2 aromatic rings. The molecule has 0 aliphatic carbocycles. The quantitative estimate of drug-likeness (QED) is 0.750. The van der Waals surface area contributed by atoms with Gasteiger partial charge in [0.25, 0.3) is 0 Å². The fourth-order valence-electron chi connectivity index (χ4n) is 1.13. The Bertz CT molecular complexity index is 425. The number of hydrogen-bond acceptors (Lipinski definition) is 3. The van der Waals surface area contributed by atoms with Crippen LogP contribution in [0.25, 0.3) is 11.1 Å². The van der Waals surface area contributed by atoms with Gasteiger partial charge >= 0.3 is 0 Å². The molecule has 14 heavy (non-hydrogen) atoms. The van der Waals surface area contributed by atoms with Gasteiger partial charge < -0.3 is 0 Å². The molecule has 1 aromatic carbocycles. The maximum atomic E-state index is 5.87. The van der Waals surface area contributed by atoms with Crippen molar-refractivity contribution in [3.63, 3.8) is 0 Å². The van der Waals surface area contributed by atoms with Crippen LogP contribution in [0.1, 0.15) is 0 Å². The second-order valence-corrected chi connectivity index (χ2v) is 3.33. The summed E-state index contributed by atoms with van der Waals surface area (Å²) in [6.45, 7) is 0. The van der Waals surface area contributed by atoms with E-state index in [-0.39, 0.29) is 10.3 Å². The van der Waals surface area contributed by atoms with Crippen molar-refractivity contribution in [3.8, 4) is 11.1 Å². The zero-order valence-corrected chi connectivity index (χ0v) is 8.50. The Morgan fingerprint density at radius 3 is 2.00 bits per heavy atom. The van der Waals surface area contributed by atoms with Gasteiger partial charge in [0.05, 0.1) is 5.56 Å². The highest BCUT2D eigenvalue weighted by Gasteiger charge is 2.10. The zero-order chi connectivity index (χ0) is 9.97. The molecule has 70 valence electrons. The average Bonchev–Trinajstić information content (AvgIpc) is 2.19. The smallest absolute Gasteiger partial charge is 0.117 e. The maximum absolute atomic E-state index is 5.87. The van der Waals surface area contributed by atoms with E-state index in [4.69, 9.17) is 23.2 Å². The summed E-state index contributed by atoms with van der Waals surface area (Å²) < 4.78 is 0. The van der Waals surface area contributed by atoms with Crippen molar-refractivity contribution in [2.24, 2.45) is 0 Å². The van der Waals surface area contributed by atoms with Gasteiger partial charge in [0.2, 0.25) is 0 Å². The molecule has 1 heterocycles. The Morgan fingerprint density at radius 1 is 0.857 bits per heavy atom. The SMILES string of the molecule is Clc1nnnc(Cl)c1-c1ccccc1. The maximum Gasteiger partial charge on any atom is 0.164 e. The number of rotatable bonds is 1. The third-order valence-electron chi connectivity index (χ3n) is 1.74. The fourth-order valence-corrected chi connectivity index (χ4v) is 1.64. The Morgan fingerprint density at radius 2 is 1.43 bits per heavy atom. The van der Waals surface area contributed by atoms with Crippen molar-refractivity contribution < 1.29 is 0 Å². The standard InChI is InChI=1S/C9H5Cl2N3/c10-8-7(9(11)13-14-12-8)6-4-2-1-3-5-6/h1-5H. The van der Waals surface area contributed by atoms with Crippen molar-refractivity contribution in [3.05, 3.63) is 40.6 Å². The molecule has 0 amide bonds. The number of halogens is 2. The van der Waals surface area contributed by atoms with Gasteiger partial charge in [-0.25, -0.2) is 0 Å². The molecule has 0 N–H and O–H groups in total. The van der Waals surface area contributed by atoms with Crippen LogP contribution in [0, 0.1) is 0 Å². The van der Waals surface area contributed by atoms with Crippen LogP contribution in [-0.2, 0) is 0 Å². The summed E-state index contributed by atoms with van der Waals surface area (Å²) in [5.74, 6) is 0. The summed E-state index contributed by atoms with van der Waals surface area (Å²) in [5, 5.41) is 11.2. The topological polar surface area (TPSA) is 38.7 Å². The molecule has 0 unspecified atom stereocenters. The highest BCUT2D eigenvalue weighted by atomic mass is 35.5. The van der Waals surface area contributed by atoms with Gasteiger partial charge in [0, 0.05) is 0 Å². The molecule has 0 fully saturated rings. The largest absolute Gasteiger partial charge is 0.164 e. The second-order valence-electron chi connectivity index (χ2n) is 2.61. The van der Waals surface area contributed by atoms with Crippen LogP contribution in [-0.4, -0.2) is 15.4 Å². The monoisotopic (exact) mass is 225 g/mol. The molecule has 5 heteroatoms. The fraction of sp³-hybridized carbons (Fsp3) is 0. The van der Waals surface area contributed by atoms with Crippen molar-refractivity contribution in [1.29, 1.82) is 0 Å². The highest BCUT2D eigenvalue weighted by molar-refractivity contribution is 6.37. The summed E-state index contributed by atoms with van der Waals surface area (Å²) in [6.07, 6.45) is 0. The number of benzene rings is 1. The van der Waals surface area contributed by atoms with E-state index in [0.717, 1.165) is 5.56 Å². The summed E-state index contributed by atoms with van der Waals surface area (Å²) in [6, 6.07) is 9.46. The van der Waals surface area contributed by atoms with E-state index < -0.39 is 0 Å². The summed E-state index contributed by atoms with van der Waals surface area (Å²) in [5.41, 5.74) is 1.49. The minimum Gasteiger partial charge on any atom is -0.117 e. The van der Waals surface area contributed by atoms with Gasteiger partial charge in [-0.15, -0.1) is 10.2 Å². The minimum atomic E-state index is 0.260. The van der Waals surface area contributed by atoms with Gasteiger partial charge in [-0.1, -0.05) is 53.5 Å². The Kier molecular flexibility index (Phi) is 2.61. The molecule has 0 atom stereocenters. The van der Waals surface area contributed by atoms with E-state index in [1.54, 1.807) is 0 Å². The Labute approximate surface area is 90.7 Å². The van der Waals surface area contributed by atoms with E-state index in [1.165, 1.54) is 0 Å². The van der Waals surface area contributed by atoms with Crippen molar-refractivity contribution in [1.82, 2.24) is 15.4 Å². The van der Waals surface area contributed by atoms with Crippen LogP contribution in [0.2, 0.25) is 10.3 Å². The van der Waals surface area contributed by atoms with E-state index in [1.807, 2.05) is 30.3 Å². The van der Waals surface area contributed by atoms with E-state index in [9.17, 15) is 0 Å². The lowest BCUT2D eigenvalue weighted by molar-refractivity contribution is 0.868. The lowest BCUT2D eigenvalue weighted by Crippen LogP contribution is -1.92. The Hall–Kier alpha value is -1.19. The lowest BCUT2D eigenvalue weighted by Gasteiger charge is -2.02. The van der Waals surface area contributed by atoms with E-state index >= 15 is 0 Å². The van der Waals surface area contributed by atoms with Gasteiger partial charge in [0.15, 0.2) is 10.3 Å². The molecular weight excluding hydrogens is 221 g/mol. The van der Waals surface area contributed by atoms with Crippen LogP contribution in [0.5, 0.6) is 0 Å². The first-order valence-electron chi connectivity index (χ1n) is 3.89. The summed E-state index contributed by atoms with van der Waals surface area (Å²) in [4.78, 5) is 0. The zero-order valence-electron chi connectivity index (χ0n) is 6.98. The molecule has 0 saturated heterocycles. The molecule has 0 bridgehead atoms. The first-order valence-corrected chi connectivity index (χ1v) is 4.64. The van der Waals surface area contributed by atoms with Crippen LogP contribution in [0.15, 0.2) is 30.3 Å². The van der Waals surface area contributed by atoms with Gasteiger partial charge in [-0.3, -0.25) is 0 Å². The van der Waals surface area contributed by atoms with Crippen LogP contribution in [0.4, 0.5) is 0 Å². The highest BCUT2D eigenvalue weighted by Crippen LogP contribution is 2.30. The van der Waals surface area contributed by atoms with E-state index in [2.05, 4.69) is 15.4 Å². The molecule has 0 spiro atoms. The van der Waals surface area contributed by atoms with Crippen molar-refractivity contribution in [2.45, 2.75) is 0 Å². The molecule has 0 radical (unpaired) electrons. The Balaban J connectivity index is 2.63. The predicted octanol–water partition coefficient (Wildman–Crippen LogP) is 2.85.